The summed E-state index contributed by atoms with van der Waals surface area (Å²) in [5, 5.41) is 12.7. The van der Waals surface area contributed by atoms with Gasteiger partial charge in [-0.25, -0.2) is 0 Å². The highest BCUT2D eigenvalue weighted by Gasteiger charge is 2.13. The summed E-state index contributed by atoms with van der Waals surface area (Å²) in [4.78, 5) is 0. The second-order valence-corrected chi connectivity index (χ2v) is 4.86. The van der Waals surface area contributed by atoms with E-state index in [0.717, 1.165) is 12.5 Å². The third-order valence-corrected chi connectivity index (χ3v) is 3.21. The van der Waals surface area contributed by atoms with Crippen molar-refractivity contribution in [1.29, 1.82) is 0 Å². The Morgan fingerprint density at radius 3 is 2.27 bits per heavy atom. The van der Waals surface area contributed by atoms with Crippen LogP contribution in [0.4, 0.5) is 0 Å². The van der Waals surface area contributed by atoms with Crippen LogP contribution in [0.2, 0.25) is 0 Å². The van der Waals surface area contributed by atoms with Crippen molar-refractivity contribution in [3.63, 3.8) is 0 Å². The Balaban J connectivity index is 3.76. The molecule has 0 radical (unpaired) electrons. The molecule has 15 heavy (non-hydrogen) atoms. The van der Waals surface area contributed by atoms with Gasteiger partial charge in [0.15, 0.2) is 0 Å². The molecule has 0 amide bonds. The van der Waals surface area contributed by atoms with Crippen molar-refractivity contribution in [2.24, 2.45) is 11.8 Å². The SMILES string of the molecule is CCCCC(CC)CNC(CO)C(C)C. The molecule has 0 aromatic carbocycles. The van der Waals surface area contributed by atoms with Gasteiger partial charge in [0.1, 0.15) is 0 Å². The van der Waals surface area contributed by atoms with E-state index in [1.54, 1.807) is 0 Å². The molecule has 0 aliphatic rings. The lowest BCUT2D eigenvalue weighted by molar-refractivity contribution is 0.203. The fraction of sp³-hybridized carbons (Fsp3) is 1.00. The van der Waals surface area contributed by atoms with Gasteiger partial charge >= 0.3 is 0 Å². The van der Waals surface area contributed by atoms with Gasteiger partial charge < -0.3 is 10.4 Å². The Labute approximate surface area is 95.5 Å². The smallest absolute Gasteiger partial charge is 0.0587 e. The van der Waals surface area contributed by atoms with Crippen molar-refractivity contribution in [3.05, 3.63) is 0 Å². The Hall–Kier alpha value is -0.0800. The Bertz CT molecular complexity index is 136. The molecule has 2 N–H and O–H groups in total. The lowest BCUT2D eigenvalue weighted by atomic mass is 9.98. The van der Waals surface area contributed by atoms with Gasteiger partial charge in [0.05, 0.1) is 6.61 Å². The highest BCUT2D eigenvalue weighted by Crippen LogP contribution is 2.12. The first kappa shape index (κ1) is 14.9. The van der Waals surface area contributed by atoms with Gasteiger partial charge in [0, 0.05) is 6.04 Å². The molecule has 0 saturated heterocycles. The molecule has 0 aliphatic heterocycles. The first-order chi connectivity index (χ1) is 7.15. The molecule has 92 valence electrons. The second kappa shape index (κ2) is 9.17. The summed E-state index contributed by atoms with van der Waals surface area (Å²) < 4.78 is 0. The number of hydrogen-bond donors (Lipinski definition) is 2. The predicted octanol–water partition coefficient (Wildman–Crippen LogP) is 2.81. The topological polar surface area (TPSA) is 32.3 Å². The Morgan fingerprint density at radius 1 is 1.20 bits per heavy atom. The maximum atomic E-state index is 9.20. The van der Waals surface area contributed by atoms with E-state index in [1.807, 2.05) is 0 Å². The fourth-order valence-electron chi connectivity index (χ4n) is 1.77. The van der Waals surface area contributed by atoms with Crippen molar-refractivity contribution in [3.8, 4) is 0 Å². The largest absolute Gasteiger partial charge is 0.395 e. The average molecular weight is 215 g/mol. The van der Waals surface area contributed by atoms with E-state index < -0.39 is 0 Å². The summed E-state index contributed by atoms with van der Waals surface area (Å²) in [6, 6.07) is 0.265. The number of nitrogens with one attached hydrogen (secondary N) is 1. The normalized spacial score (nSPS) is 15.6. The highest BCUT2D eigenvalue weighted by atomic mass is 16.3. The zero-order chi connectivity index (χ0) is 11.7. The number of aliphatic hydroxyl groups is 1. The lowest BCUT2D eigenvalue weighted by Crippen LogP contribution is -2.39. The Kier molecular flexibility index (Phi) is 9.12. The van der Waals surface area contributed by atoms with E-state index in [0.29, 0.717) is 5.92 Å². The van der Waals surface area contributed by atoms with Crippen LogP contribution in [0, 0.1) is 11.8 Å². The Morgan fingerprint density at radius 2 is 1.87 bits per heavy atom. The van der Waals surface area contributed by atoms with Crippen molar-refractivity contribution in [2.45, 2.75) is 59.4 Å². The van der Waals surface area contributed by atoms with Crippen LogP contribution in [-0.4, -0.2) is 24.3 Å². The first-order valence-electron chi connectivity index (χ1n) is 6.49. The van der Waals surface area contributed by atoms with Gasteiger partial charge in [-0.3, -0.25) is 0 Å². The zero-order valence-corrected chi connectivity index (χ0v) is 10.9. The van der Waals surface area contributed by atoms with E-state index >= 15 is 0 Å². The highest BCUT2D eigenvalue weighted by molar-refractivity contribution is 4.71. The van der Waals surface area contributed by atoms with Crippen LogP contribution >= 0.6 is 0 Å². The zero-order valence-electron chi connectivity index (χ0n) is 10.9. The van der Waals surface area contributed by atoms with Crippen LogP contribution in [-0.2, 0) is 0 Å². The second-order valence-electron chi connectivity index (χ2n) is 4.86. The molecule has 0 spiro atoms. The summed E-state index contributed by atoms with van der Waals surface area (Å²) in [5.41, 5.74) is 0. The molecule has 0 fully saturated rings. The van der Waals surface area contributed by atoms with Crippen molar-refractivity contribution in [1.82, 2.24) is 5.32 Å². The van der Waals surface area contributed by atoms with Gasteiger partial charge in [-0.2, -0.15) is 0 Å². The van der Waals surface area contributed by atoms with Crippen molar-refractivity contribution >= 4 is 0 Å². The summed E-state index contributed by atoms with van der Waals surface area (Å²) in [6.07, 6.45) is 5.16. The van der Waals surface area contributed by atoms with E-state index in [-0.39, 0.29) is 12.6 Å². The molecule has 0 aliphatic carbocycles. The van der Waals surface area contributed by atoms with E-state index in [1.165, 1.54) is 25.7 Å². The lowest BCUT2D eigenvalue weighted by Gasteiger charge is -2.23. The molecule has 2 nitrogen and oxygen atoms in total. The number of unbranched alkanes of at least 4 members (excludes halogenated alkanes) is 1. The molecule has 0 heterocycles. The quantitative estimate of drug-likeness (QED) is 0.620. The molecule has 0 rings (SSSR count). The van der Waals surface area contributed by atoms with Crippen LogP contribution in [0.1, 0.15) is 53.4 Å². The van der Waals surface area contributed by atoms with Gasteiger partial charge in [-0.1, -0.05) is 47.0 Å². The molecule has 2 atom stereocenters. The van der Waals surface area contributed by atoms with Crippen LogP contribution in [0.15, 0.2) is 0 Å². The summed E-state index contributed by atoms with van der Waals surface area (Å²) >= 11 is 0. The predicted molar refractivity (Wildman–Crippen MR) is 67.0 cm³/mol. The van der Waals surface area contributed by atoms with Crippen molar-refractivity contribution < 1.29 is 5.11 Å². The summed E-state index contributed by atoms with van der Waals surface area (Å²) in [5.74, 6) is 1.29. The van der Waals surface area contributed by atoms with Crippen molar-refractivity contribution in [2.75, 3.05) is 13.2 Å². The number of hydrogen-bond acceptors (Lipinski definition) is 2. The molecule has 0 aromatic heterocycles. The molecule has 0 aromatic rings. The van der Waals surface area contributed by atoms with E-state index in [9.17, 15) is 5.11 Å². The van der Waals surface area contributed by atoms with Gasteiger partial charge in [0.2, 0.25) is 0 Å². The third-order valence-electron chi connectivity index (χ3n) is 3.21. The maximum Gasteiger partial charge on any atom is 0.0587 e. The van der Waals surface area contributed by atoms with Crippen LogP contribution in [0.5, 0.6) is 0 Å². The molecule has 0 saturated carbocycles. The van der Waals surface area contributed by atoms with Gasteiger partial charge in [-0.15, -0.1) is 0 Å². The fourth-order valence-corrected chi connectivity index (χ4v) is 1.77. The minimum atomic E-state index is 0.252. The minimum Gasteiger partial charge on any atom is -0.395 e. The molecule has 2 unspecified atom stereocenters. The van der Waals surface area contributed by atoms with Crippen LogP contribution in [0.25, 0.3) is 0 Å². The maximum absolute atomic E-state index is 9.20. The monoisotopic (exact) mass is 215 g/mol. The van der Waals surface area contributed by atoms with E-state index in [4.69, 9.17) is 0 Å². The van der Waals surface area contributed by atoms with Gasteiger partial charge in [0.25, 0.3) is 0 Å². The third kappa shape index (κ3) is 6.91. The number of rotatable bonds is 9. The van der Waals surface area contributed by atoms with Crippen LogP contribution < -0.4 is 5.32 Å². The molecular formula is C13H29NO. The average Bonchev–Trinajstić information content (AvgIpc) is 2.23. The van der Waals surface area contributed by atoms with Crippen LogP contribution in [0.3, 0.4) is 0 Å². The molecular weight excluding hydrogens is 186 g/mol. The van der Waals surface area contributed by atoms with Gasteiger partial charge in [-0.05, 0) is 24.8 Å². The first-order valence-corrected chi connectivity index (χ1v) is 6.49. The molecule has 2 heteroatoms. The van der Waals surface area contributed by atoms with E-state index in [2.05, 4.69) is 33.0 Å². The summed E-state index contributed by atoms with van der Waals surface area (Å²) in [6.45, 7) is 10.1. The number of aliphatic hydroxyl groups excluding tert-OH is 1. The molecule has 0 bridgehead atoms. The minimum absolute atomic E-state index is 0.252. The summed E-state index contributed by atoms with van der Waals surface area (Å²) in [7, 11) is 0. The standard InChI is InChI=1S/C13H29NO/c1-5-7-8-12(6-2)9-14-13(10-15)11(3)4/h11-15H,5-10H2,1-4H3.